The number of piperidine rings is 1. The summed E-state index contributed by atoms with van der Waals surface area (Å²) in [7, 11) is 0. The molecule has 0 atom stereocenters. The van der Waals surface area contributed by atoms with E-state index < -0.39 is 12.1 Å². The molecule has 2 rings (SSSR count). The topological polar surface area (TPSA) is 62.2 Å². The van der Waals surface area contributed by atoms with Gasteiger partial charge in [0.15, 0.2) is 0 Å². The molecular formula is C12H15F3N2O2. The van der Waals surface area contributed by atoms with Crippen LogP contribution in [0, 0.1) is 0 Å². The highest BCUT2D eigenvalue weighted by Gasteiger charge is 2.38. The van der Waals surface area contributed by atoms with Gasteiger partial charge < -0.3 is 10.4 Å². The maximum atomic E-state index is 10.6. The predicted molar refractivity (Wildman–Crippen MR) is 62.8 cm³/mol. The van der Waals surface area contributed by atoms with Crippen molar-refractivity contribution < 1.29 is 23.1 Å². The molecule has 0 unspecified atom stereocenters. The van der Waals surface area contributed by atoms with E-state index in [4.69, 9.17) is 9.90 Å². The lowest BCUT2D eigenvalue weighted by Crippen LogP contribution is -2.26. The van der Waals surface area contributed by atoms with Gasteiger partial charge in [0.1, 0.15) is 0 Å². The quantitative estimate of drug-likeness (QED) is 0.825. The van der Waals surface area contributed by atoms with Gasteiger partial charge >= 0.3 is 12.1 Å². The van der Waals surface area contributed by atoms with Crippen LogP contribution >= 0.6 is 0 Å². The number of hydrogen-bond donors (Lipinski definition) is 2. The van der Waals surface area contributed by atoms with Crippen molar-refractivity contribution in [3.63, 3.8) is 0 Å². The van der Waals surface area contributed by atoms with Crippen molar-refractivity contribution >= 4 is 5.97 Å². The minimum Gasteiger partial charge on any atom is -0.475 e. The molecule has 19 heavy (non-hydrogen) atoms. The minimum atomic E-state index is -5.08. The van der Waals surface area contributed by atoms with Gasteiger partial charge in [0.2, 0.25) is 0 Å². The number of carbonyl (C=O) groups is 1. The Morgan fingerprint density at radius 2 is 1.74 bits per heavy atom. The fraction of sp³-hybridized carbons (Fsp3) is 0.500. The predicted octanol–water partition coefficient (Wildman–Crippen LogP) is 2.18. The Balaban J connectivity index is 0.000000224. The number of halogens is 3. The van der Waals surface area contributed by atoms with Crippen molar-refractivity contribution in [3.05, 3.63) is 30.1 Å². The highest BCUT2D eigenvalue weighted by molar-refractivity contribution is 5.73. The lowest BCUT2D eigenvalue weighted by molar-refractivity contribution is -0.192. The molecule has 1 saturated heterocycles. The molecule has 0 aliphatic carbocycles. The molecule has 7 heteroatoms. The SMILES string of the molecule is O=C(O)C(F)(F)F.c1cc(C2CCNCC2)ccn1. The lowest BCUT2D eigenvalue weighted by atomic mass is 9.91. The van der Waals surface area contributed by atoms with Crippen LogP contribution in [0.4, 0.5) is 13.2 Å². The van der Waals surface area contributed by atoms with E-state index >= 15 is 0 Å². The van der Waals surface area contributed by atoms with E-state index in [0.29, 0.717) is 0 Å². The Hall–Kier alpha value is -1.63. The van der Waals surface area contributed by atoms with Gasteiger partial charge in [0.25, 0.3) is 0 Å². The zero-order chi connectivity index (χ0) is 14.3. The van der Waals surface area contributed by atoms with Crippen LogP contribution in [0.25, 0.3) is 0 Å². The summed E-state index contributed by atoms with van der Waals surface area (Å²) >= 11 is 0. The fourth-order valence-electron chi connectivity index (χ4n) is 1.79. The molecule has 0 saturated carbocycles. The maximum absolute atomic E-state index is 10.6. The van der Waals surface area contributed by atoms with Crippen molar-refractivity contribution in [2.75, 3.05) is 13.1 Å². The second kappa shape index (κ2) is 7.08. The van der Waals surface area contributed by atoms with Crippen LogP contribution in [0.5, 0.6) is 0 Å². The van der Waals surface area contributed by atoms with E-state index in [1.54, 1.807) is 0 Å². The van der Waals surface area contributed by atoms with E-state index in [1.807, 2.05) is 12.4 Å². The zero-order valence-corrected chi connectivity index (χ0v) is 10.2. The summed E-state index contributed by atoms with van der Waals surface area (Å²) < 4.78 is 31.7. The summed E-state index contributed by atoms with van der Waals surface area (Å²) in [6.45, 7) is 2.32. The number of pyridine rings is 1. The first-order valence-electron chi connectivity index (χ1n) is 5.82. The summed E-state index contributed by atoms with van der Waals surface area (Å²) in [4.78, 5) is 12.9. The van der Waals surface area contributed by atoms with Crippen molar-refractivity contribution in [1.29, 1.82) is 0 Å². The molecule has 1 aliphatic rings. The molecule has 1 aromatic rings. The smallest absolute Gasteiger partial charge is 0.475 e. The standard InChI is InChI=1S/C10H14N2.C2HF3O2/c1-5-11-6-2-9(1)10-3-7-12-8-4-10;3-2(4,5)1(6)7/h1-2,5-6,10,12H,3-4,7-8H2;(H,6,7). The average Bonchev–Trinajstić information content (AvgIpc) is 2.40. The molecule has 1 aliphatic heterocycles. The second-order valence-corrected chi connectivity index (χ2v) is 4.11. The molecule has 0 bridgehead atoms. The molecule has 4 nitrogen and oxygen atoms in total. The monoisotopic (exact) mass is 276 g/mol. The second-order valence-electron chi connectivity index (χ2n) is 4.11. The molecule has 2 heterocycles. The molecule has 0 aromatic carbocycles. The van der Waals surface area contributed by atoms with Crippen molar-refractivity contribution in [1.82, 2.24) is 10.3 Å². The molecule has 1 aromatic heterocycles. The Kier molecular flexibility index (Phi) is 5.75. The molecular weight excluding hydrogens is 261 g/mol. The number of rotatable bonds is 1. The molecule has 2 N–H and O–H groups in total. The normalized spacial score (nSPS) is 16.4. The third-order valence-electron chi connectivity index (χ3n) is 2.76. The first-order chi connectivity index (χ1) is 8.91. The summed E-state index contributed by atoms with van der Waals surface area (Å²) in [5.41, 5.74) is 1.45. The van der Waals surface area contributed by atoms with Crippen LogP contribution in [-0.2, 0) is 4.79 Å². The van der Waals surface area contributed by atoms with E-state index in [1.165, 1.54) is 18.4 Å². The van der Waals surface area contributed by atoms with E-state index in [-0.39, 0.29) is 0 Å². The van der Waals surface area contributed by atoms with Crippen LogP contribution in [0.2, 0.25) is 0 Å². The third kappa shape index (κ3) is 5.69. The van der Waals surface area contributed by atoms with E-state index in [9.17, 15) is 13.2 Å². The van der Waals surface area contributed by atoms with Gasteiger partial charge in [-0.05, 0) is 49.5 Å². The van der Waals surface area contributed by atoms with Gasteiger partial charge in [-0.25, -0.2) is 4.79 Å². The largest absolute Gasteiger partial charge is 0.490 e. The number of aliphatic carboxylic acids is 1. The van der Waals surface area contributed by atoms with Crippen LogP contribution in [0.3, 0.4) is 0 Å². The first-order valence-corrected chi connectivity index (χ1v) is 5.82. The van der Waals surface area contributed by atoms with Crippen LogP contribution in [0.15, 0.2) is 24.5 Å². The Morgan fingerprint density at radius 3 is 2.16 bits per heavy atom. The molecule has 0 amide bonds. The average molecular weight is 276 g/mol. The number of nitrogens with one attached hydrogen (secondary N) is 1. The Bertz CT molecular complexity index is 390. The van der Waals surface area contributed by atoms with Gasteiger partial charge in [-0.3, -0.25) is 4.98 Å². The number of carboxylic acid groups (broad SMARTS) is 1. The summed E-state index contributed by atoms with van der Waals surface area (Å²) in [5, 5.41) is 10.5. The first kappa shape index (κ1) is 15.4. The number of hydrogen-bond acceptors (Lipinski definition) is 3. The lowest BCUT2D eigenvalue weighted by Gasteiger charge is -2.22. The summed E-state index contributed by atoms with van der Waals surface area (Å²) in [5.74, 6) is -2.00. The highest BCUT2D eigenvalue weighted by atomic mass is 19.4. The number of aromatic nitrogens is 1. The molecule has 0 spiro atoms. The molecule has 106 valence electrons. The van der Waals surface area contributed by atoms with Crippen molar-refractivity contribution in [3.8, 4) is 0 Å². The van der Waals surface area contributed by atoms with Crippen LogP contribution in [0.1, 0.15) is 24.3 Å². The highest BCUT2D eigenvalue weighted by Crippen LogP contribution is 2.23. The zero-order valence-electron chi connectivity index (χ0n) is 10.2. The summed E-state index contributed by atoms with van der Waals surface area (Å²) in [6, 6.07) is 4.27. The van der Waals surface area contributed by atoms with Crippen LogP contribution < -0.4 is 5.32 Å². The van der Waals surface area contributed by atoms with Crippen LogP contribution in [-0.4, -0.2) is 35.3 Å². The van der Waals surface area contributed by atoms with Gasteiger partial charge in [-0.1, -0.05) is 0 Å². The van der Waals surface area contributed by atoms with E-state index in [2.05, 4.69) is 22.4 Å². The van der Waals surface area contributed by atoms with Gasteiger partial charge in [0, 0.05) is 12.4 Å². The number of carboxylic acids is 1. The Morgan fingerprint density at radius 1 is 1.26 bits per heavy atom. The van der Waals surface area contributed by atoms with Crippen molar-refractivity contribution in [2.24, 2.45) is 0 Å². The minimum absolute atomic E-state index is 0.759. The van der Waals surface area contributed by atoms with Gasteiger partial charge in [0.05, 0.1) is 0 Å². The maximum Gasteiger partial charge on any atom is 0.490 e. The number of alkyl halides is 3. The molecule has 1 fully saturated rings. The Labute approximate surface area is 108 Å². The van der Waals surface area contributed by atoms with Gasteiger partial charge in [-0.15, -0.1) is 0 Å². The van der Waals surface area contributed by atoms with Crippen molar-refractivity contribution in [2.45, 2.75) is 24.9 Å². The fourth-order valence-corrected chi connectivity index (χ4v) is 1.79. The summed E-state index contributed by atoms with van der Waals surface area (Å²) in [6.07, 6.45) is 1.22. The molecule has 0 radical (unpaired) electrons. The number of nitrogens with zero attached hydrogens (tertiary/aromatic N) is 1. The third-order valence-corrected chi connectivity index (χ3v) is 2.76. The van der Waals surface area contributed by atoms with E-state index in [0.717, 1.165) is 19.0 Å². The van der Waals surface area contributed by atoms with Gasteiger partial charge in [-0.2, -0.15) is 13.2 Å².